The number of hydrogen-bond donors (Lipinski definition) is 1. The van der Waals surface area contributed by atoms with Gasteiger partial charge in [-0.3, -0.25) is 4.79 Å². The lowest BCUT2D eigenvalue weighted by molar-refractivity contribution is -0.129. The van der Waals surface area contributed by atoms with Gasteiger partial charge in [0.15, 0.2) is 0 Å². The van der Waals surface area contributed by atoms with Crippen LogP contribution >= 0.6 is 11.6 Å². The van der Waals surface area contributed by atoms with Crippen molar-refractivity contribution in [3.8, 4) is 0 Å². The van der Waals surface area contributed by atoms with Crippen molar-refractivity contribution in [1.82, 2.24) is 19.4 Å². The molecular formula is C21H21ClN4O. The van der Waals surface area contributed by atoms with Gasteiger partial charge in [0.05, 0.1) is 24.0 Å². The topological polar surface area (TPSA) is 53.9 Å². The number of imidazole rings is 1. The number of carbonyl (C=O) groups excluding carboxylic acids is 1. The van der Waals surface area contributed by atoms with E-state index < -0.39 is 0 Å². The Balaban J connectivity index is 1.52. The molecule has 27 heavy (non-hydrogen) atoms. The number of benzene rings is 2. The summed E-state index contributed by atoms with van der Waals surface area (Å²) in [6, 6.07) is 13.7. The van der Waals surface area contributed by atoms with Crippen LogP contribution in [0.3, 0.4) is 0 Å². The van der Waals surface area contributed by atoms with E-state index in [1.54, 1.807) is 4.90 Å². The third kappa shape index (κ3) is 3.43. The molecule has 0 aliphatic rings. The van der Waals surface area contributed by atoms with Crippen molar-refractivity contribution in [3.63, 3.8) is 0 Å². The summed E-state index contributed by atoms with van der Waals surface area (Å²) in [5.74, 6) is 0.812. The standard InChI is InChI=1S/C21H21ClN4O/c1-3-26-12-14(16-6-4-5-7-19(16)26)10-21(27)25(2)13-20-23-17-9-8-15(22)11-18(17)24-20/h4-9,11-12H,3,10,13H2,1-2H3,(H,23,24). The second kappa shape index (κ2) is 7.08. The highest BCUT2D eigenvalue weighted by Gasteiger charge is 2.16. The number of halogens is 1. The summed E-state index contributed by atoms with van der Waals surface area (Å²) in [5.41, 5.74) is 3.95. The van der Waals surface area contributed by atoms with Crippen molar-refractivity contribution in [1.29, 1.82) is 0 Å². The molecule has 2 aromatic heterocycles. The summed E-state index contributed by atoms with van der Waals surface area (Å²) in [5, 5.41) is 1.80. The van der Waals surface area contributed by atoms with Gasteiger partial charge < -0.3 is 14.5 Å². The Labute approximate surface area is 162 Å². The average molecular weight is 381 g/mol. The van der Waals surface area contributed by atoms with Gasteiger partial charge in [0.1, 0.15) is 5.82 Å². The summed E-state index contributed by atoms with van der Waals surface area (Å²) in [4.78, 5) is 22.3. The number of nitrogens with zero attached hydrogens (tertiary/aromatic N) is 3. The number of nitrogens with one attached hydrogen (secondary N) is 1. The maximum Gasteiger partial charge on any atom is 0.227 e. The highest BCUT2D eigenvalue weighted by atomic mass is 35.5. The van der Waals surface area contributed by atoms with E-state index in [0.717, 1.165) is 34.4 Å². The van der Waals surface area contributed by atoms with E-state index in [0.29, 0.717) is 18.0 Å². The minimum Gasteiger partial charge on any atom is -0.347 e. The normalized spacial score (nSPS) is 11.4. The fourth-order valence-electron chi connectivity index (χ4n) is 3.45. The SMILES string of the molecule is CCn1cc(CC(=O)N(C)Cc2nc3ccc(Cl)cc3[nH]2)c2ccccc21. The monoisotopic (exact) mass is 380 g/mol. The molecule has 0 saturated heterocycles. The van der Waals surface area contributed by atoms with E-state index in [1.165, 1.54) is 5.52 Å². The molecule has 0 aliphatic carbocycles. The van der Waals surface area contributed by atoms with Crippen LogP contribution in [0.5, 0.6) is 0 Å². The van der Waals surface area contributed by atoms with E-state index in [9.17, 15) is 4.79 Å². The van der Waals surface area contributed by atoms with Gasteiger partial charge in [0, 0.05) is 35.7 Å². The second-order valence-corrected chi connectivity index (χ2v) is 7.17. The molecule has 5 nitrogen and oxygen atoms in total. The van der Waals surface area contributed by atoms with Crippen molar-refractivity contribution < 1.29 is 4.79 Å². The van der Waals surface area contributed by atoms with E-state index in [2.05, 4.69) is 39.8 Å². The number of likely N-dealkylation sites (N-methyl/N-ethyl adjacent to an activating group) is 1. The minimum atomic E-state index is 0.0625. The first kappa shape index (κ1) is 17.6. The molecule has 0 bridgehead atoms. The molecule has 6 heteroatoms. The molecule has 1 amide bonds. The Morgan fingerprint density at radius 2 is 2.07 bits per heavy atom. The van der Waals surface area contributed by atoms with Crippen molar-refractivity contribution in [2.45, 2.75) is 26.4 Å². The lowest BCUT2D eigenvalue weighted by Crippen LogP contribution is -2.28. The van der Waals surface area contributed by atoms with Gasteiger partial charge >= 0.3 is 0 Å². The summed E-state index contributed by atoms with van der Waals surface area (Å²) >= 11 is 6.02. The number of para-hydroxylation sites is 1. The number of rotatable bonds is 5. The molecule has 0 saturated carbocycles. The Morgan fingerprint density at radius 1 is 1.26 bits per heavy atom. The van der Waals surface area contributed by atoms with Crippen LogP contribution in [0, 0.1) is 0 Å². The fourth-order valence-corrected chi connectivity index (χ4v) is 3.62. The van der Waals surface area contributed by atoms with Crippen molar-refractivity contribution in [2.24, 2.45) is 0 Å². The number of aromatic nitrogens is 3. The van der Waals surface area contributed by atoms with Gasteiger partial charge in [-0.05, 0) is 36.8 Å². The van der Waals surface area contributed by atoms with E-state index in [4.69, 9.17) is 11.6 Å². The average Bonchev–Trinajstić information content (AvgIpc) is 3.22. The highest BCUT2D eigenvalue weighted by Crippen LogP contribution is 2.22. The first-order valence-electron chi connectivity index (χ1n) is 9.00. The van der Waals surface area contributed by atoms with Crippen LogP contribution in [-0.2, 0) is 24.3 Å². The molecule has 0 spiro atoms. The summed E-state index contributed by atoms with van der Waals surface area (Å²) < 4.78 is 2.18. The predicted molar refractivity (Wildman–Crippen MR) is 109 cm³/mol. The zero-order valence-corrected chi connectivity index (χ0v) is 16.1. The molecule has 4 aromatic rings. The van der Waals surface area contributed by atoms with Gasteiger partial charge in [-0.1, -0.05) is 29.8 Å². The van der Waals surface area contributed by atoms with Crippen LogP contribution in [0.1, 0.15) is 18.3 Å². The lowest BCUT2D eigenvalue weighted by Gasteiger charge is -2.15. The maximum atomic E-state index is 12.8. The summed E-state index contributed by atoms with van der Waals surface area (Å²) in [6.07, 6.45) is 2.45. The number of hydrogen-bond acceptors (Lipinski definition) is 2. The molecule has 0 atom stereocenters. The van der Waals surface area contributed by atoms with Crippen LogP contribution in [0.2, 0.25) is 5.02 Å². The summed E-state index contributed by atoms with van der Waals surface area (Å²) in [6.45, 7) is 3.42. The smallest absolute Gasteiger partial charge is 0.227 e. The third-order valence-corrected chi connectivity index (χ3v) is 5.09. The number of carbonyl (C=O) groups is 1. The van der Waals surface area contributed by atoms with Crippen LogP contribution in [-0.4, -0.2) is 32.4 Å². The zero-order valence-electron chi connectivity index (χ0n) is 15.4. The van der Waals surface area contributed by atoms with Gasteiger partial charge in [-0.25, -0.2) is 4.98 Å². The minimum absolute atomic E-state index is 0.0625. The maximum absolute atomic E-state index is 12.8. The quantitative estimate of drug-likeness (QED) is 0.558. The molecule has 4 rings (SSSR count). The molecule has 2 heterocycles. The highest BCUT2D eigenvalue weighted by molar-refractivity contribution is 6.31. The Kier molecular flexibility index (Phi) is 4.62. The molecule has 0 fully saturated rings. The summed E-state index contributed by atoms with van der Waals surface area (Å²) in [7, 11) is 1.81. The first-order valence-corrected chi connectivity index (χ1v) is 9.38. The van der Waals surface area contributed by atoms with Crippen molar-refractivity contribution in [3.05, 3.63) is 65.1 Å². The second-order valence-electron chi connectivity index (χ2n) is 6.73. The van der Waals surface area contributed by atoms with Crippen LogP contribution in [0.4, 0.5) is 0 Å². The Hall–Kier alpha value is -2.79. The van der Waals surface area contributed by atoms with E-state index in [-0.39, 0.29) is 5.91 Å². The Bertz CT molecular complexity index is 1130. The fraction of sp³-hybridized carbons (Fsp3) is 0.238. The van der Waals surface area contributed by atoms with Gasteiger partial charge in [0.2, 0.25) is 5.91 Å². The third-order valence-electron chi connectivity index (χ3n) is 4.86. The van der Waals surface area contributed by atoms with E-state index >= 15 is 0 Å². The number of H-pyrrole nitrogens is 1. The van der Waals surface area contributed by atoms with Crippen molar-refractivity contribution in [2.75, 3.05) is 7.05 Å². The van der Waals surface area contributed by atoms with Crippen molar-refractivity contribution >= 4 is 39.4 Å². The molecule has 0 radical (unpaired) electrons. The van der Waals surface area contributed by atoms with Crippen LogP contribution in [0.15, 0.2) is 48.7 Å². The number of amides is 1. The molecule has 1 N–H and O–H groups in total. The van der Waals surface area contributed by atoms with Crippen LogP contribution in [0.25, 0.3) is 21.9 Å². The predicted octanol–water partition coefficient (Wildman–Crippen LogP) is 4.39. The van der Waals surface area contributed by atoms with E-state index in [1.807, 2.05) is 37.4 Å². The van der Waals surface area contributed by atoms with Gasteiger partial charge in [0.25, 0.3) is 0 Å². The molecule has 2 aromatic carbocycles. The number of aromatic amines is 1. The van der Waals surface area contributed by atoms with Gasteiger partial charge in [-0.15, -0.1) is 0 Å². The molecule has 138 valence electrons. The van der Waals surface area contributed by atoms with Crippen LogP contribution < -0.4 is 0 Å². The Morgan fingerprint density at radius 3 is 2.89 bits per heavy atom. The molecule has 0 unspecified atom stereocenters. The van der Waals surface area contributed by atoms with Gasteiger partial charge in [-0.2, -0.15) is 0 Å². The lowest BCUT2D eigenvalue weighted by atomic mass is 10.1. The largest absolute Gasteiger partial charge is 0.347 e. The number of aryl methyl sites for hydroxylation is 1. The molecular weight excluding hydrogens is 360 g/mol. The first-order chi connectivity index (χ1) is 13.0. The molecule has 0 aliphatic heterocycles. The number of fused-ring (bicyclic) bond motifs is 2. The zero-order chi connectivity index (χ0) is 19.0.